The molecule has 0 saturated heterocycles. The molecule has 2 aromatic heterocycles. The number of imidazole rings is 1. The van der Waals surface area contributed by atoms with Gasteiger partial charge in [0, 0.05) is 11.3 Å². The largest absolute Gasteiger partial charge is 0.491 e. The molecule has 0 aliphatic carbocycles. The summed E-state index contributed by atoms with van der Waals surface area (Å²) in [5.74, 6) is 1.17. The van der Waals surface area contributed by atoms with Gasteiger partial charge in [0.2, 0.25) is 0 Å². The van der Waals surface area contributed by atoms with E-state index in [9.17, 15) is 10.5 Å². The maximum atomic E-state index is 9.95. The molecule has 0 spiro atoms. The van der Waals surface area contributed by atoms with E-state index in [4.69, 9.17) is 15.6 Å². The number of H-pyrrole nitrogens is 1. The monoisotopic (exact) mass is 442 g/mol. The normalized spacial score (nSPS) is 10.6. The predicted octanol–water partition coefficient (Wildman–Crippen LogP) is 3.61. The molecule has 0 amide bonds. The van der Waals surface area contributed by atoms with Crippen molar-refractivity contribution in [3.63, 3.8) is 0 Å². The third-order valence-electron chi connectivity index (χ3n) is 4.82. The van der Waals surface area contributed by atoms with Crippen molar-refractivity contribution in [2.75, 3.05) is 18.9 Å². The van der Waals surface area contributed by atoms with Crippen molar-refractivity contribution in [3.8, 4) is 29.0 Å². The second kappa shape index (κ2) is 9.40. The summed E-state index contributed by atoms with van der Waals surface area (Å²) in [6.45, 7) is 0.0877. The summed E-state index contributed by atoms with van der Waals surface area (Å²) in [7, 11) is 0. The molecular weight excluding hydrogens is 424 g/mol. The fourth-order valence-electron chi connectivity index (χ4n) is 3.36. The van der Waals surface area contributed by atoms with Crippen molar-refractivity contribution in [2.45, 2.75) is 10.8 Å². The molecule has 0 bridgehead atoms. The fourth-order valence-corrected chi connectivity index (χ4v) is 4.34. The molecule has 0 aliphatic heterocycles. The maximum Gasteiger partial charge on any atom is 0.143 e. The van der Waals surface area contributed by atoms with Crippen LogP contribution < -0.4 is 10.5 Å². The summed E-state index contributed by atoms with van der Waals surface area (Å²) in [4.78, 5) is 11.8. The van der Waals surface area contributed by atoms with Gasteiger partial charge in [0.1, 0.15) is 40.9 Å². The van der Waals surface area contributed by atoms with E-state index in [2.05, 4.69) is 27.1 Å². The van der Waals surface area contributed by atoms with Crippen molar-refractivity contribution in [1.29, 1.82) is 10.5 Å². The van der Waals surface area contributed by atoms with Gasteiger partial charge in [0.05, 0.1) is 29.5 Å². The SMILES string of the molecule is N#Cc1c(N)nc(SCc2cccc3[nH]cnc23)c(C#N)c1-c1ccc(OCCO)cc1. The van der Waals surface area contributed by atoms with E-state index < -0.39 is 0 Å². The molecule has 4 aromatic rings. The lowest BCUT2D eigenvalue weighted by atomic mass is 9.97. The zero-order chi connectivity index (χ0) is 22.5. The average molecular weight is 443 g/mol. The molecule has 4 N–H and O–H groups in total. The highest BCUT2D eigenvalue weighted by molar-refractivity contribution is 7.98. The van der Waals surface area contributed by atoms with E-state index in [1.54, 1.807) is 30.6 Å². The number of pyridine rings is 1. The van der Waals surface area contributed by atoms with Crippen LogP contribution in [0.4, 0.5) is 5.82 Å². The molecule has 8 nitrogen and oxygen atoms in total. The number of rotatable bonds is 7. The van der Waals surface area contributed by atoms with Crippen LogP contribution in [0.3, 0.4) is 0 Å². The molecule has 0 unspecified atom stereocenters. The molecular formula is C23H18N6O2S. The number of anilines is 1. The molecule has 0 aliphatic rings. The number of aliphatic hydroxyl groups is 1. The van der Waals surface area contributed by atoms with E-state index >= 15 is 0 Å². The standard InChI is InChI=1S/C23H18N6O2S/c24-10-17-20(14-4-6-16(7-5-14)31-9-8-30)18(11-25)23(29-22(17)26)32-12-15-2-1-3-19-21(15)28-13-27-19/h1-7,13,30H,8-9,12H2,(H2,26,29)(H,27,28). The maximum absolute atomic E-state index is 9.95. The number of aromatic nitrogens is 3. The molecule has 0 atom stereocenters. The molecule has 9 heteroatoms. The summed E-state index contributed by atoms with van der Waals surface area (Å²) in [6, 6.07) is 17.1. The van der Waals surface area contributed by atoms with E-state index in [1.807, 2.05) is 18.2 Å². The first-order chi connectivity index (χ1) is 15.7. The summed E-state index contributed by atoms with van der Waals surface area (Å²) >= 11 is 1.37. The molecule has 0 fully saturated rings. The van der Waals surface area contributed by atoms with Gasteiger partial charge in [-0.3, -0.25) is 0 Å². The smallest absolute Gasteiger partial charge is 0.143 e. The molecule has 2 heterocycles. The molecule has 2 aromatic carbocycles. The van der Waals surface area contributed by atoms with Crippen LogP contribution in [0.1, 0.15) is 16.7 Å². The van der Waals surface area contributed by atoms with Gasteiger partial charge in [0.25, 0.3) is 0 Å². The first-order valence-electron chi connectivity index (χ1n) is 9.67. The molecule has 0 saturated carbocycles. The topological polar surface area (TPSA) is 145 Å². The van der Waals surface area contributed by atoms with Crippen LogP contribution in [-0.2, 0) is 5.75 Å². The Bertz CT molecular complexity index is 1350. The van der Waals surface area contributed by atoms with Gasteiger partial charge in [-0.2, -0.15) is 10.5 Å². The van der Waals surface area contributed by atoms with Gasteiger partial charge in [-0.1, -0.05) is 24.3 Å². The summed E-state index contributed by atoms with van der Waals surface area (Å²) in [5, 5.41) is 29.0. The second-order valence-electron chi connectivity index (χ2n) is 6.75. The van der Waals surface area contributed by atoms with Crippen LogP contribution in [0, 0.1) is 22.7 Å². The summed E-state index contributed by atoms with van der Waals surface area (Å²) in [5.41, 5.74) is 10.4. The minimum absolute atomic E-state index is 0.0718. The lowest BCUT2D eigenvalue weighted by Crippen LogP contribution is -2.04. The number of nitrogens with zero attached hydrogens (tertiary/aromatic N) is 4. The number of nitriles is 2. The van der Waals surface area contributed by atoms with Crippen LogP contribution in [0.2, 0.25) is 0 Å². The Morgan fingerprint density at radius 3 is 2.59 bits per heavy atom. The Morgan fingerprint density at radius 1 is 1.09 bits per heavy atom. The van der Waals surface area contributed by atoms with Crippen LogP contribution in [-0.4, -0.2) is 33.3 Å². The number of fused-ring (bicyclic) bond motifs is 1. The number of para-hydroxylation sites is 1. The van der Waals surface area contributed by atoms with E-state index in [0.29, 0.717) is 33.2 Å². The number of nitrogen functional groups attached to an aromatic ring is 1. The number of aliphatic hydroxyl groups excluding tert-OH is 1. The molecule has 158 valence electrons. The Labute approximate surface area is 188 Å². The zero-order valence-corrected chi connectivity index (χ0v) is 17.7. The van der Waals surface area contributed by atoms with Gasteiger partial charge >= 0.3 is 0 Å². The number of nitrogens with one attached hydrogen (secondary N) is 1. The highest BCUT2D eigenvalue weighted by atomic mass is 32.2. The molecule has 32 heavy (non-hydrogen) atoms. The van der Waals surface area contributed by atoms with Crippen LogP contribution in [0.5, 0.6) is 5.75 Å². The fraction of sp³-hybridized carbons (Fsp3) is 0.130. The van der Waals surface area contributed by atoms with Gasteiger partial charge in [0.15, 0.2) is 0 Å². The lowest BCUT2D eigenvalue weighted by molar-refractivity contribution is 0.201. The van der Waals surface area contributed by atoms with Crippen LogP contribution >= 0.6 is 11.8 Å². The Balaban J connectivity index is 1.73. The van der Waals surface area contributed by atoms with Gasteiger partial charge < -0.3 is 20.6 Å². The lowest BCUT2D eigenvalue weighted by Gasteiger charge is -2.13. The minimum atomic E-state index is -0.0909. The number of hydrogen-bond acceptors (Lipinski definition) is 8. The van der Waals surface area contributed by atoms with Crippen molar-refractivity contribution < 1.29 is 9.84 Å². The highest BCUT2D eigenvalue weighted by Gasteiger charge is 2.21. The first-order valence-corrected chi connectivity index (χ1v) is 10.7. The quantitative estimate of drug-likeness (QED) is 0.368. The van der Waals surface area contributed by atoms with E-state index in [0.717, 1.165) is 16.6 Å². The summed E-state index contributed by atoms with van der Waals surface area (Å²) in [6.07, 6.45) is 1.64. The zero-order valence-electron chi connectivity index (χ0n) is 16.9. The van der Waals surface area contributed by atoms with Gasteiger partial charge in [-0.05, 0) is 29.3 Å². The van der Waals surface area contributed by atoms with E-state index in [1.165, 1.54) is 11.8 Å². The van der Waals surface area contributed by atoms with E-state index in [-0.39, 0.29) is 24.6 Å². The van der Waals surface area contributed by atoms with Crippen LogP contribution in [0.15, 0.2) is 53.8 Å². The number of thioether (sulfide) groups is 1. The number of aromatic amines is 1. The number of ether oxygens (including phenoxy) is 1. The van der Waals surface area contributed by atoms with Crippen molar-refractivity contribution in [3.05, 3.63) is 65.5 Å². The second-order valence-corrected chi connectivity index (χ2v) is 7.72. The Kier molecular flexibility index (Phi) is 6.22. The first kappa shape index (κ1) is 21.2. The van der Waals surface area contributed by atoms with Gasteiger partial charge in [-0.25, -0.2) is 9.97 Å². The molecule has 4 rings (SSSR count). The average Bonchev–Trinajstić information content (AvgIpc) is 3.31. The summed E-state index contributed by atoms with van der Waals surface area (Å²) < 4.78 is 5.39. The Hall–Kier alpha value is -4.05. The van der Waals surface area contributed by atoms with Crippen molar-refractivity contribution in [2.24, 2.45) is 0 Å². The van der Waals surface area contributed by atoms with Crippen molar-refractivity contribution >= 4 is 28.6 Å². The third-order valence-corrected chi connectivity index (χ3v) is 5.84. The number of nitrogens with two attached hydrogens (primary N) is 1. The van der Waals surface area contributed by atoms with Crippen molar-refractivity contribution in [1.82, 2.24) is 15.0 Å². The third kappa shape index (κ3) is 4.08. The molecule has 0 radical (unpaired) electrons. The Morgan fingerprint density at radius 2 is 1.88 bits per heavy atom. The number of hydrogen-bond donors (Lipinski definition) is 3. The minimum Gasteiger partial charge on any atom is -0.491 e. The highest BCUT2D eigenvalue weighted by Crippen LogP contribution is 2.37. The number of benzene rings is 2. The predicted molar refractivity (Wildman–Crippen MR) is 122 cm³/mol. The van der Waals surface area contributed by atoms with Crippen LogP contribution in [0.25, 0.3) is 22.2 Å². The van der Waals surface area contributed by atoms with Gasteiger partial charge in [-0.15, -0.1) is 11.8 Å².